The number of rotatable bonds is 4. The Morgan fingerprint density at radius 1 is 1.04 bits per heavy atom. The van der Waals surface area contributed by atoms with E-state index < -0.39 is 23.7 Å². The van der Waals surface area contributed by atoms with Crippen LogP contribution in [0.15, 0.2) is 24.3 Å². The van der Waals surface area contributed by atoms with E-state index in [0.717, 1.165) is 43.2 Å². The van der Waals surface area contributed by atoms with Crippen LogP contribution in [0, 0.1) is 17.6 Å². The van der Waals surface area contributed by atoms with Crippen molar-refractivity contribution in [3.63, 3.8) is 0 Å². The van der Waals surface area contributed by atoms with E-state index in [9.17, 15) is 22.0 Å². The van der Waals surface area contributed by atoms with Gasteiger partial charge in [-0.25, -0.2) is 8.78 Å². The molecule has 1 aliphatic carbocycles. The minimum Gasteiger partial charge on any atom is -0.399 e. The van der Waals surface area contributed by atoms with Crippen LogP contribution >= 0.6 is 0 Å². The van der Waals surface area contributed by atoms with Crippen LogP contribution in [-0.4, -0.2) is 6.36 Å². The summed E-state index contributed by atoms with van der Waals surface area (Å²) >= 11 is 0. The topological polar surface area (TPSA) is 9.23 Å². The molecule has 0 aromatic heterocycles. The molecule has 0 amide bonds. The van der Waals surface area contributed by atoms with Gasteiger partial charge in [0.1, 0.15) is 0 Å². The summed E-state index contributed by atoms with van der Waals surface area (Å²) < 4.78 is 68.8. The van der Waals surface area contributed by atoms with Crippen LogP contribution in [0.5, 0.6) is 5.75 Å². The number of fused-ring (bicyclic) bond motifs is 1. The summed E-state index contributed by atoms with van der Waals surface area (Å²) in [4.78, 5) is 0. The van der Waals surface area contributed by atoms with Gasteiger partial charge in [-0.1, -0.05) is 38.0 Å². The van der Waals surface area contributed by atoms with E-state index in [1.54, 1.807) is 12.1 Å². The average Bonchev–Trinajstić information content (AvgIpc) is 2.58. The summed E-state index contributed by atoms with van der Waals surface area (Å²) in [5, 5.41) is 0.178. The van der Waals surface area contributed by atoms with E-state index in [0.29, 0.717) is 5.92 Å². The van der Waals surface area contributed by atoms with Crippen LogP contribution < -0.4 is 4.74 Å². The van der Waals surface area contributed by atoms with Gasteiger partial charge in [0.05, 0.1) is 0 Å². The zero-order chi connectivity index (χ0) is 18.9. The number of benzene rings is 2. The van der Waals surface area contributed by atoms with E-state index in [1.165, 1.54) is 18.9 Å². The number of alkyl halides is 3. The average molecular weight is 372 g/mol. The van der Waals surface area contributed by atoms with E-state index >= 15 is 0 Å². The van der Waals surface area contributed by atoms with Crippen molar-refractivity contribution < 1.29 is 26.7 Å². The molecule has 0 aliphatic heterocycles. The quantitative estimate of drug-likeness (QED) is 0.521. The van der Waals surface area contributed by atoms with Crippen LogP contribution in [0.2, 0.25) is 0 Å². The van der Waals surface area contributed by atoms with E-state index in [4.69, 9.17) is 0 Å². The monoisotopic (exact) mass is 372 g/mol. The highest BCUT2D eigenvalue weighted by Gasteiger charge is 2.34. The third kappa shape index (κ3) is 4.10. The highest BCUT2D eigenvalue weighted by atomic mass is 19.4. The fourth-order valence-electron chi connectivity index (χ4n) is 3.99. The van der Waals surface area contributed by atoms with Gasteiger partial charge in [0.2, 0.25) is 5.75 Å². The highest BCUT2D eigenvalue weighted by molar-refractivity contribution is 5.85. The molecule has 0 radical (unpaired) electrons. The number of ether oxygens (including phenoxy) is 1. The van der Waals surface area contributed by atoms with Gasteiger partial charge in [-0.2, -0.15) is 0 Å². The molecule has 0 atom stereocenters. The van der Waals surface area contributed by atoms with Gasteiger partial charge in [-0.05, 0) is 54.5 Å². The smallest absolute Gasteiger partial charge is 0.399 e. The molecule has 1 saturated carbocycles. The van der Waals surface area contributed by atoms with E-state index in [1.807, 2.05) is 0 Å². The molecule has 1 fully saturated rings. The van der Waals surface area contributed by atoms with E-state index in [-0.39, 0.29) is 10.8 Å². The third-order valence-corrected chi connectivity index (χ3v) is 5.24. The van der Waals surface area contributed by atoms with Crippen LogP contribution in [0.3, 0.4) is 0 Å². The van der Waals surface area contributed by atoms with E-state index in [2.05, 4.69) is 11.7 Å². The Kier molecular flexibility index (Phi) is 5.39. The van der Waals surface area contributed by atoms with Crippen molar-refractivity contribution in [1.82, 2.24) is 0 Å². The van der Waals surface area contributed by atoms with Gasteiger partial charge < -0.3 is 4.74 Å². The molecule has 6 heteroatoms. The second-order valence-corrected chi connectivity index (χ2v) is 7.04. The van der Waals surface area contributed by atoms with Crippen molar-refractivity contribution in [2.45, 2.75) is 57.7 Å². The second-order valence-electron chi connectivity index (χ2n) is 7.04. The Bertz CT molecular complexity index is 776. The molecule has 0 N–H and O–H groups in total. The lowest BCUT2D eigenvalue weighted by Gasteiger charge is -2.28. The maximum Gasteiger partial charge on any atom is 0.573 e. The lowest BCUT2D eigenvalue weighted by molar-refractivity contribution is -0.276. The molecular formula is C20H21F5O. The van der Waals surface area contributed by atoms with Crippen LogP contribution in [0.25, 0.3) is 10.8 Å². The molecule has 0 unspecified atom stereocenters. The normalized spacial score (nSPS) is 21.2. The first kappa shape index (κ1) is 18.9. The Labute approximate surface area is 149 Å². The van der Waals surface area contributed by atoms with Crippen molar-refractivity contribution in [2.75, 3.05) is 0 Å². The first-order chi connectivity index (χ1) is 12.3. The summed E-state index contributed by atoms with van der Waals surface area (Å²) in [5.41, 5.74) is 0.982. The highest BCUT2D eigenvalue weighted by Crippen LogP contribution is 2.40. The number of hydrogen-bond acceptors (Lipinski definition) is 1. The maximum atomic E-state index is 14.3. The fraction of sp³-hybridized carbons (Fsp3) is 0.500. The van der Waals surface area contributed by atoms with Gasteiger partial charge >= 0.3 is 6.36 Å². The lowest BCUT2D eigenvalue weighted by atomic mass is 9.77. The van der Waals surface area contributed by atoms with Crippen LogP contribution in [0.1, 0.15) is 56.9 Å². The van der Waals surface area contributed by atoms with Crippen LogP contribution in [0.4, 0.5) is 22.0 Å². The summed E-state index contributed by atoms with van der Waals surface area (Å²) in [5.74, 6) is -3.01. The largest absolute Gasteiger partial charge is 0.573 e. The van der Waals surface area contributed by atoms with Crippen LogP contribution in [-0.2, 0) is 0 Å². The molecular weight excluding hydrogens is 351 g/mol. The molecule has 0 spiro atoms. The minimum atomic E-state index is -5.15. The summed E-state index contributed by atoms with van der Waals surface area (Å²) in [7, 11) is 0. The second kappa shape index (κ2) is 7.41. The predicted octanol–water partition coefficient (Wildman–Crippen LogP) is 7.09. The first-order valence-corrected chi connectivity index (χ1v) is 8.96. The third-order valence-electron chi connectivity index (χ3n) is 5.24. The standard InChI is InChI=1S/C20H21F5O/c1-2-3-12-4-6-13(7-5-12)14-8-9-16-15(10-14)11-17(21)19(18(16)22)26-20(23,24)25/h8-13H,2-7H2,1H3/t12-,13-. The molecule has 0 heterocycles. The zero-order valence-electron chi connectivity index (χ0n) is 14.5. The molecule has 0 bridgehead atoms. The first-order valence-electron chi connectivity index (χ1n) is 8.96. The van der Waals surface area contributed by atoms with Gasteiger partial charge in [0, 0.05) is 5.39 Å². The Morgan fingerprint density at radius 2 is 1.73 bits per heavy atom. The number of halogens is 5. The summed E-state index contributed by atoms with van der Waals surface area (Å²) in [6.07, 6.45) is 1.57. The van der Waals surface area contributed by atoms with Crippen molar-refractivity contribution in [3.8, 4) is 5.75 Å². The van der Waals surface area contributed by atoms with Gasteiger partial charge in [-0.3, -0.25) is 0 Å². The fourth-order valence-corrected chi connectivity index (χ4v) is 3.99. The maximum absolute atomic E-state index is 14.3. The zero-order valence-corrected chi connectivity index (χ0v) is 14.5. The molecule has 142 valence electrons. The molecule has 1 nitrogen and oxygen atoms in total. The summed E-state index contributed by atoms with van der Waals surface area (Å²) in [6, 6.07) is 5.74. The Balaban J connectivity index is 1.87. The molecule has 2 aromatic rings. The Hall–Kier alpha value is -1.85. The van der Waals surface area contributed by atoms with Crippen molar-refractivity contribution >= 4 is 10.8 Å². The van der Waals surface area contributed by atoms with Gasteiger partial charge in [-0.15, -0.1) is 13.2 Å². The lowest BCUT2D eigenvalue weighted by Crippen LogP contribution is -2.19. The minimum absolute atomic E-state index is 0.0749. The molecule has 0 saturated heterocycles. The predicted molar refractivity (Wildman–Crippen MR) is 90.2 cm³/mol. The van der Waals surface area contributed by atoms with Crippen molar-refractivity contribution in [2.24, 2.45) is 5.92 Å². The molecule has 1 aliphatic rings. The summed E-state index contributed by atoms with van der Waals surface area (Å²) in [6.45, 7) is 2.18. The molecule has 3 rings (SSSR count). The van der Waals surface area contributed by atoms with Gasteiger partial charge in [0.15, 0.2) is 11.6 Å². The van der Waals surface area contributed by atoms with Crippen molar-refractivity contribution in [3.05, 3.63) is 41.5 Å². The van der Waals surface area contributed by atoms with Crippen molar-refractivity contribution in [1.29, 1.82) is 0 Å². The number of hydrogen-bond donors (Lipinski definition) is 0. The molecule has 2 aromatic carbocycles. The molecule has 26 heavy (non-hydrogen) atoms. The van der Waals surface area contributed by atoms with Gasteiger partial charge in [0.25, 0.3) is 0 Å². The SMILES string of the molecule is CCC[C@H]1CC[C@H](c2ccc3c(F)c(OC(F)(F)F)c(F)cc3c2)CC1. The Morgan fingerprint density at radius 3 is 2.35 bits per heavy atom.